The normalized spacial score (nSPS) is 10.7. The van der Waals surface area contributed by atoms with Gasteiger partial charge >= 0.3 is 0 Å². The summed E-state index contributed by atoms with van der Waals surface area (Å²) in [5, 5.41) is 3.93. The molecule has 0 radical (unpaired) electrons. The van der Waals surface area contributed by atoms with Crippen LogP contribution in [0.1, 0.15) is 0 Å². The van der Waals surface area contributed by atoms with Crippen LogP contribution < -0.4 is 0 Å². The molecule has 2 heteroatoms. The highest BCUT2D eigenvalue weighted by Gasteiger charge is 1.88. The van der Waals surface area contributed by atoms with Gasteiger partial charge in [0.2, 0.25) is 0 Å². The first-order valence-electron chi connectivity index (χ1n) is 2.87. The molecule has 0 atom stereocenters. The summed E-state index contributed by atoms with van der Waals surface area (Å²) in [4.78, 5) is 0. The van der Waals surface area contributed by atoms with Crippen LogP contribution in [0.3, 0.4) is 0 Å². The number of rotatable bonds is 3. The molecule has 0 bridgehead atoms. The summed E-state index contributed by atoms with van der Waals surface area (Å²) in [7, 11) is 5.93. The lowest BCUT2D eigenvalue weighted by molar-refractivity contribution is 0.116. The van der Waals surface area contributed by atoms with Crippen molar-refractivity contribution in [1.29, 1.82) is 0 Å². The Kier molecular flexibility index (Phi) is 3.80. The molecule has 0 aliphatic carbocycles. The highest BCUT2D eigenvalue weighted by atomic mass is 15.6. The molecule has 0 aliphatic rings. The van der Waals surface area contributed by atoms with Gasteiger partial charge in [-0.05, 0) is 6.08 Å². The molecule has 9 heavy (non-hydrogen) atoms. The van der Waals surface area contributed by atoms with Crippen molar-refractivity contribution in [3.8, 4) is 0 Å². The monoisotopic (exact) mass is 126 g/mol. The number of hydrazine groups is 1. The van der Waals surface area contributed by atoms with Gasteiger partial charge in [0, 0.05) is 27.3 Å². The fraction of sp³-hybridized carbons (Fsp3) is 0.429. The molecular weight excluding hydrogens is 112 g/mol. The molecule has 0 amide bonds. The van der Waals surface area contributed by atoms with E-state index in [4.69, 9.17) is 0 Å². The molecule has 0 spiro atoms. The number of allylic oxidation sites excluding steroid dienone is 2. The van der Waals surface area contributed by atoms with E-state index in [-0.39, 0.29) is 0 Å². The summed E-state index contributed by atoms with van der Waals surface area (Å²) in [5.74, 6) is 0. The van der Waals surface area contributed by atoms with Crippen molar-refractivity contribution in [2.24, 2.45) is 0 Å². The molecule has 0 rings (SSSR count). The van der Waals surface area contributed by atoms with Gasteiger partial charge in [-0.25, -0.2) is 5.01 Å². The van der Waals surface area contributed by atoms with E-state index >= 15 is 0 Å². The Morgan fingerprint density at radius 1 is 1.22 bits per heavy atom. The van der Waals surface area contributed by atoms with E-state index in [1.807, 2.05) is 43.4 Å². The third-order valence-electron chi connectivity index (χ3n) is 1.07. The minimum absolute atomic E-state index is 1.75. The van der Waals surface area contributed by atoms with Crippen molar-refractivity contribution < 1.29 is 0 Å². The molecule has 0 heterocycles. The summed E-state index contributed by atoms with van der Waals surface area (Å²) in [6.45, 7) is 3.56. The molecule has 0 N–H and O–H groups in total. The van der Waals surface area contributed by atoms with Crippen LogP contribution in [0.2, 0.25) is 0 Å². The second-order valence-corrected chi connectivity index (χ2v) is 2.00. The third kappa shape index (κ3) is 3.79. The predicted octanol–water partition coefficient (Wildman–Crippen LogP) is 1.09. The highest BCUT2D eigenvalue weighted by Crippen LogP contribution is 1.85. The molecule has 0 aromatic carbocycles. The van der Waals surface area contributed by atoms with E-state index in [9.17, 15) is 0 Å². The molecule has 0 fully saturated rings. The number of hydrogen-bond donors (Lipinski definition) is 0. The van der Waals surface area contributed by atoms with Crippen LogP contribution >= 0.6 is 0 Å². The zero-order valence-corrected chi connectivity index (χ0v) is 6.33. The lowest BCUT2D eigenvalue weighted by Gasteiger charge is -2.21. The van der Waals surface area contributed by atoms with E-state index < -0.39 is 0 Å². The van der Waals surface area contributed by atoms with E-state index in [0.717, 1.165) is 0 Å². The summed E-state index contributed by atoms with van der Waals surface area (Å²) in [5.41, 5.74) is 0. The molecule has 0 unspecified atom stereocenters. The topological polar surface area (TPSA) is 6.48 Å². The molecule has 0 saturated heterocycles. The molecular formula is C7H14N2. The van der Waals surface area contributed by atoms with E-state index in [2.05, 4.69) is 6.58 Å². The van der Waals surface area contributed by atoms with E-state index in [1.165, 1.54) is 0 Å². The van der Waals surface area contributed by atoms with Gasteiger partial charge in [-0.3, -0.25) is 0 Å². The molecule has 0 aromatic heterocycles. The fourth-order valence-corrected chi connectivity index (χ4v) is 0.319. The van der Waals surface area contributed by atoms with Crippen LogP contribution in [0.5, 0.6) is 0 Å². The standard InChI is InChI=1S/C7H14N2/c1-5-6-7-9(4)8(2)3/h5-7H,1H2,2-4H3/b7-6+. The van der Waals surface area contributed by atoms with Crippen LogP contribution in [-0.2, 0) is 0 Å². The van der Waals surface area contributed by atoms with Crippen LogP contribution in [0.25, 0.3) is 0 Å². The maximum atomic E-state index is 3.56. The van der Waals surface area contributed by atoms with Crippen molar-refractivity contribution in [2.75, 3.05) is 21.1 Å². The van der Waals surface area contributed by atoms with E-state index in [1.54, 1.807) is 6.08 Å². The van der Waals surface area contributed by atoms with Gasteiger partial charge in [0.25, 0.3) is 0 Å². The zero-order chi connectivity index (χ0) is 7.28. The predicted molar refractivity (Wildman–Crippen MR) is 40.8 cm³/mol. The number of hydrogen-bond acceptors (Lipinski definition) is 2. The van der Waals surface area contributed by atoms with Crippen LogP contribution in [-0.4, -0.2) is 31.2 Å². The van der Waals surface area contributed by atoms with Gasteiger partial charge in [0.15, 0.2) is 0 Å². The number of nitrogens with zero attached hydrogens (tertiary/aromatic N) is 2. The Balaban J connectivity index is 3.61. The maximum absolute atomic E-state index is 3.56. The van der Waals surface area contributed by atoms with Gasteiger partial charge < -0.3 is 5.01 Å². The smallest absolute Gasteiger partial charge is 0.0227 e. The Morgan fingerprint density at radius 3 is 2.11 bits per heavy atom. The van der Waals surface area contributed by atoms with Crippen molar-refractivity contribution in [2.45, 2.75) is 0 Å². The molecule has 2 nitrogen and oxygen atoms in total. The lowest BCUT2D eigenvalue weighted by Crippen LogP contribution is -2.27. The Hall–Kier alpha value is -0.760. The van der Waals surface area contributed by atoms with Crippen LogP contribution in [0, 0.1) is 0 Å². The van der Waals surface area contributed by atoms with Crippen molar-refractivity contribution >= 4 is 0 Å². The van der Waals surface area contributed by atoms with Crippen molar-refractivity contribution in [3.63, 3.8) is 0 Å². The summed E-state index contributed by atoms with van der Waals surface area (Å²) in [6.07, 6.45) is 5.58. The summed E-state index contributed by atoms with van der Waals surface area (Å²) >= 11 is 0. The first-order valence-corrected chi connectivity index (χ1v) is 2.87. The Bertz CT molecular complexity index is 105. The van der Waals surface area contributed by atoms with Crippen molar-refractivity contribution in [3.05, 3.63) is 24.9 Å². The minimum atomic E-state index is 1.75. The molecule has 52 valence electrons. The zero-order valence-electron chi connectivity index (χ0n) is 6.33. The SMILES string of the molecule is C=C/C=C/N(C)N(C)C. The highest BCUT2D eigenvalue weighted by molar-refractivity contribution is 4.95. The first-order chi connectivity index (χ1) is 4.18. The third-order valence-corrected chi connectivity index (χ3v) is 1.07. The van der Waals surface area contributed by atoms with Crippen LogP contribution in [0.15, 0.2) is 24.9 Å². The molecule has 0 saturated carbocycles. The molecule has 0 aliphatic heterocycles. The van der Waals surface area contributed by atoms with E-state index in [0.29, 0.717) is 0 Å². The minimum Gasteiger partial charge on any atom is -0.317 e. The Labute approximate surface area is 57.0 Å². The van der Waals surface area contributed by atoms with Gasteiger partial charge in [0.05, 0.1) is 0 Å². The van der Waals surface area contributed by atoms with Crippen molar-refractivity contribution in [1.82, 2.24) is 10.0 Å². The second-order valence-electron chi connectivity index (χ2n) is 2.00. The van der Waals surface area contributed by atoms with Crippen LogP contribution in [0.4, 0.5) is 0 Å². The van der Waals surface area contributed by atoms with Gasteiger partial charge in [-0.1, -0.05) is 12.7 Å². The quantitative estimate of drug-likeness (QED) is 0.412. The summed E-state index contributed by atoms with van der Waals surface area (Å²) < 4.78 is 0. The average molecular weight is 126 g/mol. The van der Waals surface area contributed by atoms with Gasteiger partial charge in [0.1, 0.15) is 0 Å². The van der Waals surface area contributed by atoms with Gasteiger partial charge in [-0.2, -0.15) is 0 Å². The lowest BCUT2D eigenvalue weighted by atomic mass is 10.6. The average Bonchev–Trinajstić information content (AvgIpc) is 1.82. The van der Waals surface area contributed by atoms with Gasteiger partial charge in [-0.15, -0.1) is 0 Å². The maximum Gasteiger partial charge on any atom is 0.0227 e. The second kappa shape index (κ2) is 4.15. The fourth-order valence-electron chi connectivity index (χ4n) is 0.319. The first kappa shape index (κ1) is 8.24. The Morgan fingerprint density at radius 2 is 1.78 bits per heavy atom. The summed E-state index contributed by atoms with van der Waals surface area (Å²) in [6, 6.07) is 0. The largest absolute Gasteiger partial charge is 0.317 e. The molecule has 0 aromatic rings.